The zero-order valence-corrected chi connectivity index (χ0v) is 17.6. The molecule has 3 rings (SSSR count). The van der Waals surface area contributed by atoms with E-state index in [0.29, 0.717) is 33.0 Å². The second-order valence-electron chi connectivity index (χ2n) is 5.57. The highest BCUT2D eigenvalue weighted by Crippen LogP contribution is 2.39. The van der Waals surface area contributed by atoms with Gasteiger partial charge < -0.3 is 9.84 Å². The van der Waals surface area contributed by atoms with Crippen molar-refractivity contribution in [3.05, 3.63) is 61.5 Å². The van der Waals surface area contributed by atoms with Gasteiger partial charge in [0.15, 0.2) is 15.8 Å². The van der Waals surface area contributed by atoms with Crippen LogP contribution in [0.15, 0.2) is 45.8 Å². The third-order valence-corrected chi connectivity index (χ3v) is 5.75. The number of non-ortho nitro benzene ring substituents is 1. The first-order valence-corrected chi connectivity index (χ1v) is 10.0. The van der Waals surface area contributed by atoms with Gasteiger partial charge in [0.05, 0.1) is 22.1 Å². The Morgan fingerprint density at radius 2 is 2.14 bits per heavy atom. The summed E-state index contributed by atoms with van der Waals surface area (Å²) in [7, 11) is 0. The molecule has 144 valence electrons. The number of nitro benzene ring substituents is 1. The summed E-state index contributed by atoms with van der Waals surface area (Å²) in [6, 6.07) is 8.84. The van der Waals surface area contributed by atoms with Crippen molar-refractivity contribution in [2.45, 2.75) is 6.92 Å². The number of aromatic hydroxyl groups is 1. The zero-order chi connectivity index (χ0) is 20.4. The second kappa shape index (κ2) is 8.29. The van der Waals surface area contributed by atoms with E-state index < -0.39 is 4.92 Å². The van der Waals surface area contributed by atoms with Gasteiger partial charge in [-0.3, -0.25) is 19.8 Å². The second-order valence-corrected chi connectivity index (χ2v) is 8.10. The highest BCUT2D eigenvalue weighted by atomic mass is 79.9. The number of nitro groups is 1. The molecule has 1 saturated heterocycles. The first kappa shape index (κ1) is 20.3. The quantitative estimate of drug-likeness (QED) is 0.282. The maximum atomic E-state index is 12.9. The summed E-state index contributed by atoms with van der Waals surface area (Å²) in [6.07, 6.45) is 1.63. The van der Waals surface area contributed by atoms with Crippen LogP contribution in [0.5, 0.6) is 11.5 Å². The molecule has 1 amide bonds. The highest BCUT2D eigenvalue weighted by molar-refractivity contribution is 9.10. The smallest absolute Gasteiger partial charge is 0.271 e. The van der Waals surface area contributed by atoms with Gasteiger partial charge >= 0.3 is 0 Å². The molecule has 28 heavy (non-hydrogen) atoms. The number of benzene rings is 2. The van der Waals surface area contributed by atoms with Gasteiger partial charge in [-0.1, -0.05) is 46.0 Å². The molecule has 0 saturated carbocycles. The fourth-order valence-corrected chi connectivity index (χ4v) is 4.25. The van der Waals surface area contributed by atoms with Gasteiger partial charge in [-0.25, -0.2) is 0 Å². The standard InChI is InChI=1S/C18H13BrN2O5S2/c1-2-26-15-6-10(13(19)9-14(15)22)7-16-17(23)20(18(27)28-16)11-4-3-5-12(8-11)21(24)25/h3-9,22H,2H2,1H3/b16-7+. The van der Waals surface area contributed by atoms with Gasteiger partial charge in [-0.15, -0.1) is 0 Å². The van der Waals surface area contributed by atoms with Crippen LogP contribution in [-0.2, 0) is 4.79 Å². The average Bonchev–Trinajstić information content (AvgIpc) is 2.92. The number of amides is 1. The summed E-state index contributed by atoms with van der Waals surface area (Å²) < 4.78 is 6.23. The molecular formula is C18H13BrN2O5S2. The number of anilines is 1. The van der Waals surface area contributed by atoms with Crippen LogP contribution >= 0.6 is 39.9 Å². The molecule has 0 bridgehead atoms. The van der Waals surface area contributed by atoms with Crippen molar-refractivity contribution in [3.63, 3.8) is 0 Å². The van der Waals surface area contributed by atoms with Crippen molar-refractivity contribution in [1.82, 2.24) is 0 Å². The van der Waals surface area contributed by atoms with E-state index in [4.69, 9.17) is 17.0 Å². The highest BCUT2D eigenvalue weighted by Gasteiger charge is 2.34. The van der Waals surface area contributed by atoms with Gasteiger partial charge in [0, 0.05) is 16.6 Å². The van der Waals surface area contributed by atoms with Crippen LogP contribution in [-0.4, -0.2) is 26.9 Å². The molecular weight excluding hydrogens is 468 g/mol. The summed E-state index contributed by atoms with van der Waals surface area (Å²) in [5.41, 5.74) is 0.832. The number of phenolic OH excluding ortho intramolecular Hbond substituents is 1. The lowest BCUT2D eigenvalue weighted by Crippen LogP contribution is -2.27. The maximum Gasteiger partial charge on any atom is 0.271 e. The number of ether oxygens (including phenoxy) is 1. The normalized spacial score (nSPS) is 15.4. The first-order chi connectivity index (χ1) is 13.3. The van der Waals surface area contributed by atoms with Crippen LogP contribution in [0.25, 0.3) is 6.08 Å². The Labute approximate surface area is 178 Å². The van der Waals surface area contributed by atoms with Crippen molar-refractivity contribution < 1.29 is 19.6 Å². The lowest BCUT2D eigenvalue weighted by atomic mass is 10.1. The maximum absolute atomic E-state index is 12.9. The predicted molar refractivity (Wildman–Crippen MR) is 116 cm³/mol. The number of phenols is 1. The molecule has 0 spiro atoms. The fourth-order valence-electron chi connectivity index (χ4n) is 2.52. The van der Waals surface area contributed by atoms with Crippen LogP contribution in [0.2, 0.25) is 0 Å². The third-order valence-electron chi connectivity index (χ3n) is 3.76. The number of rotatable bonds is 5. The van der Waals surface area contributed by atoms with E-state index >= 15 is 0 Å². The van der Waals surface area contributed by atoms with E-state index in [9.17, 15) is 20.0 Å². The molecule has 1 aliphatic rings. The fraction of sp³-hybridized carbons (Fsp3) is 0.111. The Hall–Kier alpha value is -2.43. The number of hydrogen-bond donors (Lipinski definition) is 1. The number of thiocarbonyl (C=S) groups is 1. The summed E-state index contributed by atoms with van der Waals surface area (Å²) >= 11 is 9.75. The van der Waals surface area contributed by atoms with Gasteiger partial charge in [0.25, 0.3) is 11.6 Å². The molecule has 0 unspecified atom stereocenters. The van der Waals surface area contributed by atoms with Crippen molar-refractivity contribution in [2.24, 2.45) is 0 Å². The van der Waals surface area contributed by atoms with E-state index in [1.807, 2.05) is 0 Å². The lowest BCUT2D eigenvalue weighted by molar-refractivity contribution is -0.384. The Morgan fingerprint density at radius 1 is 1.39 bits per heavy atom. The molecule has 0 aromatic heterocycles. The van der Waals surface area contributed by atoms with Crippen molar-refractivity contribution >= 4 is 67.6 Å². The zero-order valence-electron chi connectivity index (χ0n) is 14.4. The lowest BCUT2D eigenvalue weighted by Gasteiger charge is -2.14. The molecule has 0 aliphatic carbocycles. The summed E-state index contributed by atoms with van der Waals surface area (Å²) in [5.74, 6) is -0.102. The summed E-state index contributed by atoms with van der Waals surface area (Å²) in [6.45, 7) is 2.18. The van der Waals surface area contributed by atoms with E-state index in [1.165, 1.54) is 29.2 Å². The summed E-state index contributed by atoms with van der Waals surface area (Å²) in [5, 5.41) is 20.9. The molecule has 2 aromatic carbocycles. The molecule has 0 radical (unpaired) electrons. The SMILES string of the molecule is CCOc1cc(/C=C2/SC(=S)N(c3cccc([N+](=O)[O-])c3)C2=O)c(Br)cc1O. The number of hydrogen-bond acceptors (Lipinski definition) is 7. The third kappa shape index (κ3) is 4.03. The molecule has 7 nitrogen and oxygen atoms in total. The Bertz CT molecular complexity index is 1030. The van der Waals surface area contributed by atoms with E-state index in [-0.39, 0.29) is 21.7 Å². The Kier molecular flexibility index (Phi) is 6.01. The molecule has 2 aromatic rings. The number of halogens is 1. The topological polar surface area (TPSA) is 92.9 Å². The van der Waals surface area contributed by atoms with Crippen LogP contribution < -0.4 is 9.64 Å². The van der Waals surface area contributed by atoms with Crippen molar-refractivity contribution in [3.8, 4) is 11.5 Å². The minimum absolute atomic E-state index is 0.0185. The number of nitrogens with zero attached hydrogens (tertiary/aromatic N) is 2. The number of thioether (sulfide) groups is 1. The monoisotopic (exact) mass is 480 g/mol. The minimum Gasteiger partial charge on any atom is -0.504 e. The first-order valence-electron chi connectivity index (χ1n) is 7.99. The minimum atomic E-state index is -0.528. The molecule has 1 fully saturated rings. The van der Waals surface area contributed by atoms with Crippen molar-refractivity contribution in [1.29, 1.82) is 0 Å². The predicted octanol–water partition coefficient (Wildman–Crippen LogP) is 4.87. The largest absolute Gasteiger partial charge is 0.504 e. The van der Waals surface area contributed by atoms with Crippen molar-refractivity contribution in [2.75, 3.05) is 11.5 Å². The Morgan fingerprint density at radius 3 is 2.82 bits per heavy atom. The van der Waals surface area contributed by atoms with Crippen LogP contribution in [0, 0.1) is 10.1 Å². The van der Waals surface area contributed by atoms with Crippen LogP contribution in [0.4, 0.5) is 11.4 Å². The van der Waals surface area contributed by atoms with E-state index in [1.54, 1.807) is 25.1 Å². The molecule has 10 heteroatoms. The Balaban J connectivity index is 1.97. The van der Waals surface area contributed by atoms with Gasteiger partial charge in [-0.05, 0) is 36.8 Å². The van der Waals surface area contributed by atoms with Gasteiger partial charge in [0.2, 0.25) is 0 Å². The van der Waals surface area contributed by atoms with Gasteiger partial charge in [-0.2, -0.15) is 0 Å². The molecule has 1 heterocycles. The molecule has 1 N–H and O–H groups in total. The number of carbonyl (C=O) groups is 1. The van der Waals surface area contributed by atoms with Crippen LogP contribution in [0.3, 0.4) is 0 Å². The van der Waals surface area contributed by atoms with E-state index in [2.05, 4.69) is 15.9 Å². The molecule has 1 aliphatic heterocycles. The summed E-state index contributed by atoms with van der Waals surface area (Å²) in [4.78, 5) is 25.0. The average molecular weight is 481 g/mol. The molecule has 0 atom stereocenters. The van der Waals surface area contributed by atoms with Gasteiger partial charge in [0.1, 0.15) is 0 Å². The van der Waals surface area contributed by atoms with Crippen LogP contribution in [0.1, 0.15) is 12.5 Å². The van der Waals surface area contributed by atoms with E-state index in [0.717, 1.165) is 11.8 Å². The number of carbonyl (C=O) groups excluding carboxylic acids is 1.